The molecule has 0 bridgehead atoms. The zero-order valence-electron chi connectivity index (χ0n) is 41.5. The number of nitrogens with two attached hydrogens (primary N) is 1. The number of phosphoric ester groups is 1. The van der Waals surface area contributed by atoms with Crippen molar-refractivity contribution in [2.45, 2.75) is 258 Å². The fourth-order valence-electron chi connectivity index (χ4n) is 7.57. The van der Waals surface area contributed by atoms with Gasteiger partial charge in [-0.25, -0.2) is 4.57 Å². The number of rotatable bonds is 50. The van der Waals surface area contributed by atoms with Crippen LogP contribution >= 0.6 is 7.82 Å². The van der Waals surface area contributed by atoms with E-state index < -0.39 is 26.5 Å². The number of unbranched alkanes of at least 4 members (excludes halogenated alkanes) is 29. The second kappa shape index (κ2) is 50.4. The van der Waals surface area contributed by atoms with Crippen molar-refractivity contribution < 1.29 is 37.6 Å². The van der Waals surface area contributed by atoms with E-state index in [1.54, 1.807) is 0 Å². The van der Waals surface area contributed by atoms with Gasteiger partial charge in [0.25, 0.3) is 0 Å². The maximum Gasteiger partial charge on any atom is 0.472 e. The molecule has 0 aliphatic carbocycles. The molecule has 64 heavy (non-hydrogen) atoms. The van der Waals surface area contributed by atoms with Crippen LogP contribution in [0.1, 0.15) is 251 Å². The Kier molecular flexibility index (Phi) is 48.8. The molecular weight excluding hydrogens is 822 g/mol. The van der Waals surface area contributed by atoms with Crippen molar-refractivity contribution in [3.8, 4) is 0 Å². The third-order valence-corrected chi connectivity index (χ3v) is 12.5. The van der Waals surface area contributed by atoms with Crippen LogP contribution in [0.2, 0.25) is 0 Å². The Labute approximate surface area is 394 Å². The topological polar surface area (TPSA) is 134 Å². The highest BCUT2D eigenvalue weighted by atomic mass is 31.2. The van der Waals surface area contributed by atoms with E-state index in [1.807, 2.05) is 0 Å². The summed E-state index contributed by atoms with van der Waals surface area (Å²) in [6, 6.07) is 0. The van der Waals surface area contributed by atoms with E-state index in [0.29, 0.717) is 6.42 Å². The molecule has 0 saturated carbocycles. The van der Waals surface area contributed by atoms with Gasteiger partial charge in [-0.2, -0.15) is 0 Å². The zero-order valence-corrected chi connectivity index (χ0v) is 42.4. The van der Waals surface area contributed by atoms with Crippen molar-refractivity contribution >= 4 is 19.8 Å². The van der Waals surface area contributed by atoms with E-state index in [0.717, 1.165) is 64.2 Å². The van der Waals surface area contributed by atoms with Crippen molar-refractivity contribution in [2.24, 2.45) is 5.73 Å². The van der Waals surface area contributed by atoms with Crippen LogP contribution in [0.4, 0.5) is 0 Å². The van der Waals surface area contributed by atoms with Gasteiger partial charge in [0.1, 0.15) is 6.61 Å². The Bertz CT molecular complexity index is 1190. The standard InChI is InChI=1S/C54H100NO8P/c1-3-5-7-9-11-13-15-17-19-21-23-24-25-26-27-28-29-31-33-35-37-39-41-43-45-47-54(57)63-52(51-62-64(58,59)61-49-48-55)50-60-53(56)46-44-42-40-38-36-34-32-30-22-20-18-16-14-12-10-8-6-4-2/h5,7,11,13,17,19,23-24,52H,3-4,6,8-10,12,14-16,18,20-22,25-51,55H2,1-2H3,(H,58,59)/b7-5-,13-11-,19-17-,24-23-. The molecule has 0 fully saturated rings. The lowest BCUT2D eigenvalue weighted by Crippen LogP contribution is -2.29. The minimum atomic E-state index is -4.38. The molecule has 9 nitrogen and oxygen atoms in total. The van der Waals surface area contributed by atoms with E-state index >= 15 is 0 Å². The van der Waals surface area contributed by atoms with Crippen molar-refractivity contribution in [1.29, 1.82) is 0 Å². The maximum atomic E-state index is 12.7. The molecule has 3 N–H and O–H groups in total. The third kappa shape index (κ3) is 49.4. The van der Waals surface area contributed by atoms with Gasteiger partial charge in [-0.1, -0.05) is 236 Å². The molecule has 2 unspecified atom stereocenters. The molecule has 0 spiro atoms. The molecule has 0 aromatic rings. The van der Waals surface area contributed by atoms with E-state index in [1.165, 1.54) is 154 Å². The van der Waals surface area contributed by atoms with Crippen LogP contribution in [0.15, 0.2) is 48.6 Å². The number of hydrogen-bond donors (Lipinski definition) is 2. The number of hydrogen-bond acceptors (Lipinski definition) is 8. The summed E-state index contributed by atoms with van der Waals surface area (Å²) in [6.07, 6.45) is 60.1. The van der Waals surface area contributed by atoms with Gasteiger partial charge >= 0.3 is 19.8 Å². The van der Waals surface area contributed by atoms with Gasteiger partial charge < -0.3 is 20.1 Å². The van der Waals surface area contributed by atoms with Crippen LogP contribution in [0.5, 0.6) is 0 Å². The number of phosphoric acid groups is 1. The molecule has 10 heteroatoms. The fraction of sp³-hybridized carbons (Fsp3) is 0.815. The summed E-state index contributed by atoms with van der Waals surface area (Å²) >= 11 is 0. The average molecular weight is 922 g/mol. The minimum Gasteiger partial charge on any atom is -0.462 e. The van der Waals surface area contributed by atoms with Crippen molar-refractivity contribution in [2.75, 3.05) is 26.4 Å². The predicted molar refractivity (Wildman–Crippen MR) is 270 cm³/mol. The van der Waals surface area contributed by atoms with Crippen LogP contribution in [0.25, 0.3) is 0 Å². The van der Waals surface area contributed by atoms with E-state index in [4.69, 9.17) is 24.3 Å². The van der Waals surface area contributed by atoms with E-state index in [2.05, 4.69) is 62.5 Å². The summed E-state index contributed by atoms with van der Waals surface area (Å²) in [6.45, 7) is 3.66. The highest BCUT2D eigenvalue weighted by Gasteiger charge is 2.26. The number of esters is 2. The molecule has 0 aromatic heterocycles. The Morgan fingerprint density at radius 3 is 1.28 bits per heavy atom. The van der Waals surface area contributed by atoms with Crippen LogP contribution in [-0.2, 0) is 32.7 Å². The summed E-state index contributed by atoms with van der Waals surface area (Å²) in [5, 5.41) is 0. The van der Waals surface area contributed by atoms with E-state index in [-0.39, 0.29) is 38.6 Å². The number of allylic oxidation sites excluding steroid dienone is 8. The summed E-state index contributed by atoms with van der Waals surface area (Å²) < 4.78 is 33.0. The Balaban J connectivity index is 4.00. The first-order valence-corrected chi connectivity index (χ1v) is 28.1. The molecular formula is C54H100NO8P. The smallest absolute Gasteiger partial charge is 0.462 e. The van der Waals surface area contributed by atoms with Crippen molar-refractivity contribution in [1.82, 2.24) is 0 Å². The second-order valence-electron chi connectivity index (χ2n) is 17.7. The van der Waals surface area contributed by atoms with Crippen LogP contribution in [0.3, 0.4) is 0 Å². The van der Waals surface area contributed by atoms with Crippen LogP contribution in [0, 0.1) is 0 Å². The van der Waals surface area contributed by atoms with Gasteiger partial charge in [-0.05, 0) is 51.4 Å². The summed E-state index contributed by atoms with van der Waals surface area (Å²) in [5.74, 6) is -0.820. The molecule has 0 saturated heterocycles. The van der Waals surface area contributed by atoms with Gasteiger partial charge in [0.2, 0.25) is 0 Å². The first-order chi connectivity index (χ1) is 31.3. The molecule has 0 rings (SSSR count). The Hall–Kier alpha value is -2.03. The summed E-state index contributed by atoms with van der Waals surface area (Å²) in [7, 11) is -4.38. The predicted octanol–water partition coefficient (Wildman–Crippen LogP) is 16.2. The highest BCUT2D eigenvalue weighted by Crippen LogP contribution is 2.43. The zero-order chi connectivity index (χ0) is 46.7. The van der Waals surface area contributed by atoms with Crippen molar-refractivity contribution in [3.05, 3.63) is 48.6 Å². The SMILES string of the molecule is CC/C=C\C/C=C\C/C=C\C/C=C\CCCCCCCCCCCCCCC(=O)OC(COC(=O)CCCCCCCCCCCCCCCCCCCC)COP(=O)(O)OCCN. The molecule has 2 atom stereocenters. The summed E-state index contributed by atoms with van der Waals surface area (Å²) in [5.41, 5.74) is 5.37. The lowest BCUT2D eigenvalue weighted by molar-refractivity contribution is -0.161. The Morgan fingerprint density at radius 2 is 0.859 bits per heavy atom. The monoisotopic (exact) mass is 922 g/mol. The second-order valence-corrected chi connectivity index (χ2v) is 19.2. The largest absolute Gasteiger partial charge is 0.472 e. The third-order valence-electron chi connectivity index (χ3n) is 11.5. The van der Waals surface area contributed by atoms with Crippen LogP contribution < -0.4 is 5.73 Å². The van der Waals surface area contributed by atoms with Gasteiger partial charge in [0.15, 0.2) is 6.10 Å². The average Bonchev–Trinajstić information content (AvgIpc) is 3.28. The number of carbonyl (C=O) groups excluding carboxylic acids is 2. The van der Waals surface area contributed by atoms with Gasteiger partial charge in [0.05, 0.1) is 13.2 Å². The first kappa shape index (κ1) is 62.0. The molecule has 0 heterocycles. The first-order valence-electron chi connectivity index (χ1n) is 26.6. The van der Waals surface area contributed by atoms with Crippen molar-refractivity contribution in [3.63, 3.8) is 0 Å². The maximum absolute atomic E-state index is 12.7. The molecule has 0 aromatic carbocycles. The highest BCUT2D eigenvalue weighted by molar-refractivity contribution is 7.47. The Morgan fingerprint density at radius 1 is 0.484 bits per heavy atom. The normalized spacial score (nSPS) is 13.5. The van der Waals surface area contributed by atoms with Gasteiger partial charge in [-0.15, -0.1) is 0 Å². The summed E-state index contributed by atoms with van der Waals surface area (Å²) in [4.78, 5) is 35.1. The quantitative estimate of drug-likeness (QED) is 0.0265. The minimum absolute atomic E-state index is 0.0536. The lowest BCUT2D eigenvalue weighted by atomic mass is 10.0. The molecule has 374 valence electrons. The molecule has 0 aliphatic heterocycles. The van der Waals surface area contributed by atoms with E-state index in [9.17, 15) is 19.0 Å². The lowest BCUT2D eigenvalue weighted by Gasteiger charge is -2.19. The molecule has 0 amide bonds. The van der Waals surface area contributed by atoms with Crippen LogP contribution in [-0.4, -0.2) is 49.3 Å². The van der Waals surface area contributed by atoms with Gasteiger partial charge in [0, 0.05) is 19.4 Å². The van der Waals surface area contributed by atoms with Gasteiger partial charge in [-0.3, -0.25) is 18.6 Å². The fourth-order valence-corrected chi connectivity index (χ4v) is 8.33. The number of ether oxygens (including phenoxy) is 2. The molecule has 0 radical (unpaired) electrons. The number of carbonyl (C=O) groups is 2. The molecule has 0 aliphatic rings.